The predicted molar refractivity (Wildman–Crippen MR) is 77.4 cm³/mol. The van der Waals surface area contributed by atoms with Crippen LogP contribution in [0.15, 0.2) is 41.2 Å². The van der Waals surface area contributed by atoms with Crippen LogP contribution in [0.2, 0.25) is 0 Å². The first-order chi connectivity index (χ1) is 9.65. The standard InChI is InChI=1S/C15H7F2NOS/c16-7-4-5-8-11(6-7)20-14-12(8)9-2-1-3-10(17)13(9)18-15(14)19/h1-6H,(H,18,19). The highest BCUT2D eigenvalue weighted by molar-refractivity contribution is 7.26. The molecule has 2 aromatic heterocycles. The summed E-state index contributed by atoms with van der Waals surface area (Å²) in [4.78, 5) is 14.7. The van der Waals surface area contributed by atoms with Crippen molar-refractivity contribution in [3.05, 3.63) is 58.4 Å². The summed E-state index contributed by atoms with van der Waals surface area (Å²) >= 11 is 1.22. The Labute approximate surface area is 115 Å². The van der Waals surface area contributed by atoms with Gasteiger partial charge in [-0.25, -0.2) is 8.78 Å². The number of fused-ring (bicyclic) bond motifs is 5. The van der Waals surface area contributed by atoms with Crippen LogP contribution in [0, 0.1) is 11.6 Å². The van der Waals surface area contributed by atoms with Crippen LogP contribution >= 0.6 is 11.3 Å². The molecule has 0 spiro atoms. The molecule has 2 aromatic carbocycles. The van der Waals surface area contributed by atoms with Gasteiger partial charge in [0.25, 0.3) is 5.56 Å². The van der Waals surface area contributed by atoms with Crippen LogP contribution < -0.4 is 5.56 Å². The highest BCUT2D eigenvalue weighted by Crippen LogP contribution is 2.36. The molecule has 98 valence electrons. The van der Waals surface area contributed by atoms with Crippen molar-refractivity contribution in [2.75, 3.05) is 0 Å². The van der Waals surface area contributed by atoms with Gasteiger partial charge in [-0.15, -0.1) is 11.3 Å². The smallest absolute Gasteiger partial charge is 0.266 e. The lowest BCUT2D eigenvalue weighted by Crippen LogP contribution is -2.05. The first-order valence-electron chi connectivity index (χ1n) is 5.97. The van der Waals surface area contributed by atoms with Crippen LogP contribution in [-0.2, 0) is 0 Å². The van der Waals surface area contributed by atoms with Crippen molar-refractivity contribution in [2.24, 2.45) is 0 Å². The van der Waals surface area contributed by atoms with Gasteiger partial charge >= 0.3 is 0 Å². The fourth-order valence-corrected chi connectivity index (χ4v) is 3.66. The Morgan fingerprint density at radius 3 is 2.75 bits per heavy atom. The summed E-state index contributed by atoms with van der Waals surface area (Å²) in [6, 6.07) is 9.03. The zero-order valence-electron chi connectivity index (χ0n) is 10.0. The summed E-state index contributed by atoms with van der Waals surface area (Å²) in [7, 11) is 0. The molecule has 0 amide bonds. The van der Waals surface area contributed by atoms with E-state index in [9.17, 15) is 13.6 Å². The van der Waals surface area contributed by atoms with Gasteiger partial charge in [-0.2, -0.15) is 0 Å². The Morgan fingerprint density at radius 2 is 1.90 bits per heavy atom. The first-order valence-corrected chi connectivity index (χ1v) is 6.79. The van der Waals surface area contributed by atoms with Crippen molar-refractivity contribution in [3.63, 3.8) is 0 Å². The molecule has 5 heteroatoms. The van der Waals surface area contributed by atoms with Crippen LogP contribution in [0.25, 0.3) is 31.1 Å². The molecular formula is C15H7F2NOS. The lowest BCUT2D eigenvalue weighted by molar-refractivity contribution is 0.630. The van der Waals surface area contributed by atoms with E-state index in [0.29, 0.717) is 20.2 Å². The molecule has 0 unspecified atom stereocenters. The molecule has 0 aliphatic carbocycles. The maximum atomic E-state index is 13.8. The molecule has 0 aliphatic rings. The number of para-hydroxylation sites is 1. The quantitative estimate of drug-likeness (QED) is 0.517. The van der Waals surface area contributed by atoms with E-state index in [4.69, 9.17) is 0 Å². The Kier molecular flexibility index (Phi) is 2.23. The third kappa shape index (κ3) is 1.44. The topological polar surface area (TPSA) is 32.9 Å². The van der Waals surface area contributed by atoms with E-state index in [0.717, 1.165) is 5.39 Å². The molecule has 0 saturated carbocycles. The maximum Gasteiger partial charge on any atom is 0.266 e. The Morgan fingerprint density at radius 1 is 1.05 bits per heavy atom. The lowest BCUT2D eigenvalue weighted by atomic mass is 10.1. The van der Waals surface area contributed by atoms with E-state index >= 15 is 0 Å². The van der Waals surface area contributed by atoms with Crippen molar-refractivity contribution in [1.82, 2.24) is 4.98 Å². The molecular weight excluding hydrogens is 280 g/mol. The lowest BCUT2D eigenvalue weighted by Gasteiger charge is -2.01. The fourth-order valence-electron chi connectivity index (χ4n) is 2.53. The summed E-state index contributed by atoms with van der Waals surface area (Å²) in [5, 5.41) is 2.09. The zero-order chi connectivity index (χ0) is 13.9. The Bertz CT molecular complexity index is 1050. The van der Waals surface area contributed by atoms with E-state index in [1.165, 1.54) is 29.5 Å². The first kappa shape index (κ1) is 11.5. The van der Waals surface area contributed by atoms with Gasteiger partial charge < -0.3 is 4.98 Å². The minimum absolute atomic E-state index is 0.189. The number of rotatable bonds is 0. The average Bonchev–Trinajstić information content (AvgIpc) is 2.79. The summed E-state index contributed by atoms with van der Waals surface area (Å²) < 4.78 is 28.3. The average molecular weight is 287 g/mol. The number of nitrogens with one attached hydrogen (secondary N) is 1. The number of aromatic nitrogens is 1. The highest BCUT2D eigenvalue weighted by Gasteiger charge is 2.14. The summed E-state index contributed by atoms with van der Waals surface area (Å²) in [6.07, 6.45) is 0. The van der Waals surface area contributed by atoms with Crippen LogP contribution in [0.5, 0.6) is 0 Å². The molecule has 4 aromatic rings. The van der Waals surface area contributed by atoms with Gasteiger partial charge in [0.05, 0.1) is 5.52 Å². The van der Waals surface area contributed by atoms with Crippen molar-refractivity contribution in [2.45, 2.75) is 0 Å². The van der Waals surface area contributed by atoms with Gasteiger partial charge in [-0.3, -0.25) is 4.79 Å². The van der Waals surface area contributed by atoms with E-state index in [-0.39, 0.29) is 16.9 Å². The highest BCUT2D eigenvalue weighted by atomic mass is 32.1. The molecule has 4 rings (SSSR count). The van der Waals surface area contributed by atoms with Crippen LogP contribution in [0.4, 0.5) is 8.78 Å². The number of thiophene rings is 1. The molecule has 20 heavy (non-hydrogen) atoms. The van der Waals surface area contributed by atoms with E-state index in [2.05, 4.69) is 4.98 Å². The molecule has 1 N–H and O–H groups in total. The molecule has 0 saturated heterocycles. The number of benzene rings is 2. The van der Waals surface area contributed by atoms with Crippen LogP contribution in [0.1, 0.15) is 0 Å². The minimum atomic E-state index is -0.469. The van der Waals surface area contributed by atoms with Gasteiger partial charge in [-0.1, -0.05) is 12.1 Å². The third-order valence-electron chi connectivity index (χ3n) is 3.38. The van der Waals surface area contributed by atoms with E-state index < -0.39 is 5.82 Å². The van der Waals surface area contributed by atoms with Crippen LogP contribution in [0.3, 0.4) is 0 Å². The summed E-state index contributed by atoms with van der Waals surface area (Å²) in [6.45, 7) is 0. The second kappa shape index (κ2) is 3.86. The number of hydrogen-bond donors (Lipinski definition) is 1. The zero-order valence-corrected chi connectivity index (χ0v) is 10.9. The molecule has 2 heterocycles. The monoisotopic (exact) mass is 287 g/mol. The van der Waals surface area contributed by atoms with Crippen LogP contribution in [-0.4, -0.2) is 4.98 Å². The number of aromatic amines is 1. The van der Waals surface area contributed by atoms with Gasteiger partial charge in [0.15, 0.2) is 0 Å². The van der Waals surface area contributed by atoms with Crippen molar-refractivity contribution >= 4 is 42.4 Å². The molecule has 0 fully saturated rings. The molecule has 2 nitrogen and oxygen atoms in total. The SMILES string of the molecule is O=c1[nH]c2c(F)cccc2c2c1sc1cc(F)ccc12. The number of hydrogen-bond acceptors (Lipinski definition) is 2. The predicted octanol–water partition coefficient (Wildman–Crippen LogP) is 4.17. The largest absolute Gasteiger partial charge is 0.318 e. The normalized spacial score (nSPS) is 11.7. The fraction of sp³-hybridized carbons (Fsp3) is 0. The molecule has 0 bridgehead atoms. The van der Waals surface area contributed by atoms with E-state index in [1.807, 2.05) is 0 Å². The van der Waals surface area contributed by atoms with Gasteiger partial charge in [0.2, 0.25) is 0 Å². The van der Waals surface area contributed by atoms with E-state index in [1.54, 1.807) is 18.2 Å². The maximum absolute atomic E-state index is 13.8. The minimum Gasteiger partial charge on any atom is -0.318 e. The Hall–Kier alpha value is -2.27. The summed E-state index contributed by atoms with van der Waals surface area (Å²) in [5.74, 6) is -0.820. The summed E-state index contributed by atoms with van der Waals surface area (Å²) in [5.41, 5.74) is -0.159. The third-order valence-corrected chi connectivity index (χ3v) is 4.53. The second-order valence-corrected chi connectivity index (χ2v) is 5.62. The molecule has 0 atom stereocenters. The number of H-pyrrole nitrogens is 1. The second-order valence-electron chi connectivity index (χ2n) is 4.56. The molecule has 0 aliphatic heterocycles. The van der Waals surface area contributed by atoms with Crippen molar-refractivity contribution < 1.29 is 8.78 Å². The number of pyridine rings is 1. The van der Waals surface area contributed by atoms with Crippen molar-refractivity contribution in [3.8, 4) is 0 Å². The van der Waals surface area contributed by atoms with Gasteiger partial charge in [0, 0.05) is 20.9 Å². The molecule has 0 radical (unpaired) electrons. The van der Waals surface area contributed by atoms with Crippen molar-refractivity contribution in [1.29, 1.82) is 0 Å². The van der Waals surface area contributed by atoms with Gasteiger partial charge in [-0.05, 0) is 24.3 Å². The Balaban J connectivity index is 2.39. The van der Waals surface area contributed by atoms with Gasteiger partial charge in [0.1, 0.15) is 16.3 Å². The number of halogens is 2.